The molecule has 2 aromatic heterocycles. The lowest BCUT2D eigenvalue weighted by Crippen LogP contribution is -1.98. The van der Waals surface area contributed by atoms with E-state index < -0.39 is 0 Å². The van der Waals surface area contributed by atoms with Crippen LogP contribution < -0.4 is 5.32 Å². The van der Waals surface area contributed by atoms with E-state index in [1.807, 2.05) is 37.3 Å². The van der Waals surface area contributed by atoms with Gasteiger partial charge >= 0.3 is 0 Å². The van der Waals surface area contributed by atoms with Gasteiger partial charge in [0.15, 0.2) is 0 Å². The molecule has 0 saturated heterocycles. The molecule has 2 aromatic carbocycles. The number of benzene rings is 2. The first-order chi connectivity index (χ1) is 12.1. The van der Waals surface area contributed by atoms with Crippen LogP contribution in [-0.4, -0.2) is 15.1 Å². The number of rotatable bonds is 3. The topological polar surface area (TPSA) is 58.0 Å². The van der Waals surface area contributed by atoms with E-state index in [1.54, 1.807) is 23.5 Å². The van der Waals surface area contributed by atoms with Gasteiger partial charge in [0.25, 0.3) is 0 Å². The number of para-hydroxylation sites is 2. The number of phenols is 1. The van der Waals surface area contributed by atoms with E-state index in [9.17, 15) is 5.11 Å². The van der Waals surface area contributed by atoms with E-state index in [-0.39, 0.29) is 5.75 Å². The normalized spacial score (nSPS) is 11.0. The molecule has 5 heteroatoms. The number of fused-ring (bicyclic) bond motifs is 1. The van der Waals surface area contributed by atoms with Gasteiger partial charge in [0.2, 0.25) is 0 Å². The van der Waals surface area contributed by atoms with Crippen LogP contribution in [0.25, 0.3) is 21.3 Å². The maximum absolute atomic E-state index is 10.1. The number of hydrogen-bond donors (Lipinski definition) is 2. The Hall–Kier alpha value is -2.92. The van der Waals surface area contributed by atoms with Crippen LogP contribution >= 0.6 is 11.3 Å². The van der Waals surface area contributed by atoms with Crippen molar-refractivity contribution in [2.45, 2.75) is 13.8 Å². The molecule has 2 heterocycles. The van der Waals surface area contributed by atoms with E-state index in [2.05, 4.69) is 34.3 Å². The van der Waals surface area contributed by atoms with Crippen molar-refractivity contribution < 1.29 is 5.11 Å². The van der Waals surface area contributed by atoms with Crippen molar-refractivity contribution in [3.05, 3.63) is 65.3 Å². The average molecular weight is 347 g/mol. The second kappa shape index (κ2) is 6.18. The van der Waals surface area contributed by atoms with Gasteiger partial charge in [-0.3, -0.25) is 0 Å². The van der Waals surface area contributed by atoms with Crippen molar-refractivity contribution in [3.8, 4) is 16.9 Å². The number of anilines is 2. The van der Waals surface area contributed by atoms with Crippen LogP contribution in [0.2, 0.25) is 0 Å². The molecule has 0 aliphatic heterocycles. The Bertz CT molecular complexity index is 1060. The molecule has 4 aromatic rings. The minimum absolute atomic E-state index is 0.195. The molecule has 0 amide bonds. The minimum Gasteiger partial charge on any atom is -0.506 e. The zero-order valence-electron chi connectivity index (χ0n) is 13.9. The number of nitrogens with zero attached hydrogens (tertiary/aromatic N) is 2. The summed E-state index contributed by atoms with van der Waals surface area (Å²) in [6.07, 6.45) is 0. The van der Waals surface area contributed by atoms with Crippen molar-refractivity contribution in [2.24, 2.45) is 0 Å². The molecule has 0 aliphatic carbocycles. The summed E-state index contributed by atoms with van der Waals surface area (Å²) in [6, 6.07) is 17.4. The maximum atomic E-state index is 10.1. The smallest absolute Gasteiger partial charge is 0.143 e. The highest BCUT2D eigenvalue weighted by molar-refractivity contribution is 7.19. The molecule has 0 fully saturated rings. The van der Waals surface area contributed by atoms with Crippen molar-refractivity contribution in [3.63, 3.8) is 0 Å². The van der Waals surface area contributed by atoms with Gasteiger partial charge in [-0.15, -0.1) is 11.3 Å². The summed E-state index contributed by atoms with van der Waals surface area (Å²) < 4.78 is 0. The van der Waals surface area contributed by atoms with Gasteiger partial charge in [-0.25, -0.2) is 9.97 Å². The quantitative estimate of drug-likeness (QED) is 0.486. The molecular weight excluding hydrogens is 330 g/mol. The largest absolute Gasteiger partial charge is 0.506 e. The summed E-state index contributed by atoms with van der Waals surface area (Å²) in [6.45, 7) is 3.99. The van der Waals surface area contributed by atoms with Crippen LogP contribution in [0.15, 0.2) is 54.6 Å². The summed E-state index contributed by atoms with van der Waals surface area (Å²) in [4.78, 5) is 11.4. The van der Waals surface area contributed by atoms with Crippen molar-refractivity contribution in [1.29, 1.82) is 0 Å². The van der Waals surface area contributed by atoms with Gasteiger partial charge in [-0.05, 0) is 31.5 Å². The van der Waals surface area contributed by atoms with E-state index in [4.69, 9.17) is 0 Å². The predicted octanol–water partition coefficient (Wildman–Crippen LogP) is 5.42. The highest BCUT2D eigenvalue weighted by atomic mass is 32.1. The van der Waals surface area contributed by atoms with E-state index >= 15 is 0 Å². The Morgan fingerprint density at radius 3 is 2.40 bits per heavy atom. The van der Waals surface area contributed by atoms with Crippen LogP contribution in [0, 0.1) is 13.8 Å². The van der Waals surface area contributed by atoms with Crippen LogP contribution in [0.4, 0.5) is 11.5 Å². The lowest BCUT2D eigenvalue weighted by atomic mass is 10.0. The van der Waals surface area contributed by atoms with Gasteiger partial charge in [0.1, 0.15) is 22.2 Å². The number of aromatic hydroxyl groups is 1. The Labute approximate surface area is 149 Å². The molecule has 25 heavy (non-hydrogen) atoms. The first kappa shape index (κ1) is 15.6. The monoisotopic (exact) mass is 347 g/mol. The number of aromatic nitrogens is 2. The fraction of sp³-hybridized carbons (Fsp3) is 0.100. The molecule has 0 saturated carbocycles. The lowest BCUT2D eigenvalue weighted by molar-refractivity contribution is 0.477. The highest BCUT2D eigenvalue weighted by Gasteiger charge is 2.18. The highest BCUT2D eigenvalue weighted by Crippen LogP contribution is 2.41. The van der Waals surface area contributed by atoms with Crippen LogP contribution in [0.3, 0.4) is 0 Å². The van der Waals surface area contributed by atoms with E-state index in [0.717, 1.165) is 21.3 Å². The van der Waals surface area contributed by atoms with Crippen LogP contribution in [0.5, 0.6) is 5.75 Å². The third-order valence-electron chi connectivity index (χ3n) is 4.06. The SMILES string of the molecule is Cc1nc(Nc2ccccc2O)c2c(-c3ccccc3)c(C)sc2n1. The number of thiophene rings is 1. The number of phenolic OH excluding ortho intramolecular Hbond substituents is 1. The number of hydrogen-bond acceptors (Lipinski definition) is 5. The first-order valence-electron chi connectivity index (χ1n) is 8.01. The summed E-state index contributed by atoms with van der Waals surface area (Å²) in [7, 11) is 0. The van der Waals surface area contributed by atoms with Gasteiger partial charge in [0, 0.05) is 10.4 Å². The molecule has 124 valence electrons. The number of nitrogens with one attached hydrogen (secondary N) is 1. The second-order valence-corrected chi connectivity index (χ2v) is 7.04. The van der Waals surface area contributed by atoms with Crippen molar-refractivity contribution >= 4 is 33.1 Å². The molecule has 0 aliphatic rings. The minimum atomic E-state index is 0.195. The standard InChI is InChI=1S/C20H17N3OS/c1-12-17(14-8-4-3-5-9-14)18-19(21-13(2)22-20(18)25-12)23-15-10-6-7-11-16(15)24/h3-11,24H,1-2H3,(H,21,22,23). The molecular formula is C20H17N3OS. The summed E-state index contributed by atoms with van der Waals surface area (Å²) in [5.74, 6) is 1.61. The average Bonchev–Trinajstić information content (AvgIpc) is 2.93. The molecule has 0 unspecified atom stereocenters. The molecule has 4 nitrogen and oxygen atoms in total. The van der Waals surface area contributed by atoms with Gasteiger partial charge < -0.3 is 10.4 Å². The summed E-state index contributed by atoms with van der Waals surface area (Å²) in [5.41, 5.74) is 2.90. The third-order valence-corrected chi connectivity index (χ3v) is 5.06. The first-order valence-corrected chi connectivity index (χ1v) is 8.83. The summed E-state index contributed by atoms with van der Waals surface area (Å²) in [5, 5.41) is 14.4. The fourth-order valence-electron chi connectivity index (χ4n) is 2.97. The van der Waals surface area contributed by atoms with Crippen LogP contribution in [0.1, 0.15) is 10.7 Å². The Kier molecular flexibility index (Phi) is 3.86. The fourth-order valence-corrected chi connectivity index (χ4v) is 4.06. The molecule has 4 rings (SSSR count). The molecule has 0 spiro atoms. The second-order valence-electron chi connectivity index (χ2n) is 5.84. The van der Waals surface area contributed by atoms with E-state index in [1.165, 1.54) is 4.88 Å². The van der Waals surface area contributed by atoms with Gasteiger partial charge in [0.05, 0.1) is 11.1 Å². The maximum Gasteiger partial charge on any atom is 0.143 e. The summed E-state index contributed by atoms with van der Waals surface area (Å²) >= 11 is 1.66. The zero-order chi connectivity index (χ0) is 17.4. The number of aryl methyl sites for hydroxylation is 2. The van der Waals surface area contributed by atoms with Gasteiger partial charge in [-0.1, -0.05) is 42.5 Å². The lowest BCUT2D eigenvalue weighted by Gasteiger charge is -2.11. The molecule has 0 bridgehead atoms. The predicted molar refractivity (Wildman–Crippen MR) is 104 cm³/mol. The zero-order valence-corrected chi connectivity index (χ0v) is 14.8. The molecule has 2 N–H and O–H groups in total. The van der Waals surface area contributed by atoms with Crippen LogP contribution in [-0.2, 0) is 0 Å². The Morgan fingerprint density at radius 2 is 1.64 bits per heavy atom. The molecule has 0 atom stereocenters. The van der Waals surface area contributed by atoms with Gasteiger partial charge in [-0.2, -0.15) is 0 Å². The van der Waals surface area contributed by atoms with Crippen molar-refractivity contribution in [1.82, 2.24) is 9.97 Å². The Morgan fingerprint density at radius 1 is 0.920 bits per heavy atom. The molecule has 0 radical (unpaired) electrons. The van der Waals surface area contributed by atoms with Crippen molar-refractivity contribution in [2.75, 3.05) is 5.32 Å². The van der Waals surface area contributed by atoms with E-state index in [0.29, 0.717) is 17.3 Å². The third kappa shape index (κ3) is 2.83. The Balaban J connectivity index is 1.96.